The average molecular weight is 306 g/mol. The average Bonchev–Trinajstić information content (AvgIpc) is 2.54. The normalized spacial score (nSPS) is 22.8. The first kappa shape index (κ1) is 16.8. The van der Waals surface area contributed by atoms with Crippen molar-refractivity contribution in [1.29, 1.82) is 0 Å². The number of carbonyl (C=O) groups is 1. The maximum atomic E-state index is 11.9. The van der Waals surface area contributed by atoms with Gasteiger partial charge in [-0.2, -0.15) is 0 Å². The molecule has 5 heteroatoms. The van der Waals surface area contributed by atoms with Gasteiger partial charge >= 0.3 is 6.03 Å². The summed E-state index contributed by atoms with van der Waals surface area (Å²) in [7, 11) is 0. The van der Waals surface area contributed by atoms with Crippen molar-refractivity contribution in [2.24, 2.45) is 5.92 Å². The van der Waals surface area contributed by atoms with Gasteiger partial charge in [0.15, 0.2) is 0 Å². The predicted molar refractivity (Wildman–Crippen MR) is 85.6 cm³/mol. The van der Waals surface area contributed by atoms with Gasteiger partial charge in [-0.05, 0) is 31.7 Å². The molecule has 1 saturated heterocycles. The molecule has 5 nitrogen and oxygen atoms in total. The van der Waals surface area contributed by atoms with Gasteiger partial charge in [-0.1, -0.05) is 30.3 Å². The third-order valence-corrected chi connectivity index (χ3v) is 4.04. The number of amides is 2. The summed E-state index contributed by atoms with van der Waals surface area (Å²) in [4.78, 5) is 11.9. The highest BCUT2D eigenvalue weighted by Gasteiger charge is 2.27. The Labute approximate surface area is 132 Å². The van der Waals surface area contributed by atoms with Crippen LogP contribution in [0.5, 0.6) is 0 Å². The van der Waals surface area contributed by atoms with Gasteiger partial charge in [0.25, 0.3) is 0 Å². The zero-order chi connectivity index (χ0) is 15.8. The molecule has 1 aliphatic heterocycles. The fraction of sp³-hybridized carbons (Fsp3) is 0.588. The fourth-order valence-electron chi connectivity index (χ4n) is 2.83. The van der Waals surface area contributed by atoms with Crippen molar-refractivity contribution in [3.05, 3.63) is 35.9 Å². The minimum atomic E-state index is -0.182. The molecule has 0 saturated carbocycles. The Morgan fingerprint density at radius 3 is 2.91 bits per heavy atom. The second kappa shape index (κ2) is 8.76. The lowest BCUT2D eigenvalue weighted by Crippen LogP contribution is -2.44. The van der Waals surface area contributed by atoms with Gasteiger partial charge in [-0.3, -0.25) is 0 Å². The van der Waals surface area contributed by atoms with Crippen LogP contribution in [0.1, 0.15) is 37.9 Å². The summed E-state index contributed by atoms with van der Waals surface area (Å²) in [6.45, 7) is 3.33. The van der Waals surface area contributed by atoms with Gasteiger partial charge in [0.1, 0.15) is 0 Å². The van der Waals surface area contributed by atoms with Crippen molar-refractivity contribution >= 4 is 6.03 Å². The van der Waals surface area contributed by atoms with Gasteiger partial charge in [0, 0.05) is 31.7 Å². The molecule has 1 aliphatic rings. The summed E-state index contributed by atoms with van der Waals surface area (Å²) in [6, 6.07) is 9.96. The fourth-order valence-corrected chi connectivity index (χ4v) is 2.83. The lowest BCUT2D eigenvalue weighted by atomic mass is 9.89. The molecular formula is C17H26N2O3. The van der Waals surface area contributed by atoms with Gasteiger partial charge in [-0.15, -0.1) is 0 Å². The Balaban J connectivity index is 1.85. The van der Waals surface area contributed by atoms with E-state index in [-0.39, 0.29) is 30.7 Å². The van der Waals surface area contributed by atoms with E-state index in [0.717, 1.165) is 19.4 Å². The van der Waals surface area contributed by atoms with E-state index < -0.39 is 0 Å². The summed E-state index contributed by atoms with van der Waals surface area (Å²) in [6.07, 6.45) is 2.68. The van der Waals surface area contributed by atoms with Crippen LogP contribution in [0.15, 0.2) is 30.3 Å². The molecule has 0 spiro atoms. The van der Waals surface area contributed by atoms with Crippen LogP contribution >= 0.6 is 0 Å². The molecule has 0 aromatic heterocycles. The van der Waals surface area contributed by atoms with E-state index in [9.17, 15) is 4.79 Å². The van der Waals surface area contributed by atoms with E-state index >= 15 is 0 Å². The third kappa shape index (κ3) is 5.00. The molecule has 0 radical (unpaired) electrons. The van der Waals surface area contributed by atoms with Crippen LogP contribution in [0.2, 0.25) is 0 Å². The Kier molecular flexibility index (Phi) is 6.68. The van der Waals surface area contributed by atoms with Crippen LogP contribution in [0.4, 0.5) is 4.79 Å². The minimum absolute atomic E-state index is 0.0301. The first-order valence-electron chi connectivity index (χ1n) is 8.02. The molecule has 2 rings (SSSR count). The number of rotatable bonds is 6. The van der Waals surface area contributed by atoms with E-state index in [4.69, 9.17) is 9.84 Å². The van der Waals surface area contributed by atoms with Crippen LogP contribution in [-0.2, 0) is 4.74 Å². The quantitative estimate of drug-likeness (QED) is 0.755. The number of benzene rings is 1. The van der Waals surface area contributed by atoms with Crippen molar-refractivity contribution in [3.8, 4) is 0 Å². The number of hydrogen-bond donors (Lipinski definition) is 3. The summed E-state index contributed by atoms with van der Waals surface area (Å²) >= 11 is 0. The van der Waals surface area contributed by atoms with Crippen LogP contribution in [0.3, 0.4) is 0 Å². The summed E-state index contributed by atoms with van der Waals surface area (Å²) < 4.78 is 5.92. The molecule has 22 heavy (non-hydrogen) atoms. The lowest BCUT2D eigenvalue weighted by Gasteiger charge is -2.32. The summed E-state index contributed by atoms with van der Waals surface area (Å²) in [5, 5.41) is 14.6. The first-order valence-corrected chi connectivity index (χ1v) is 8.02. The Bertz CT molecular complexity index is 452. The molecular weight excluding hydrogens is 280 g/mol. The molecule has 122 valence electrons. The van der Waals surface area contributed by atoms with Crippen molar-refractivity contribution in [2.45, 2.75) is 38.3 Å². The SMILES string of the molecule is C[C@H](CCO)NC(=O)NCC1CCCOC1c1ccccc1. The van der Waals surface area contributed by atoms with E-state index in [1.807, 2.05) is 25.1 Å². The standard InChI is InChI=1S/C17H26N2O3/c1-13(9-10-20)19-17(21)18-12-15-8-5-11-22-16(15)14-6-3-2-4-7-14/h2-4,6-7,13,15-16,20H,5,8-12H2,1H3,(H2,18,19,21)/t13-,15?,16?/m1/s1. The van der Waals surface area contributed by atoms with E-state index in [0.29, 0.717) is 13.0 Å². The molecule has 2 unspecified atom stereocenters. The second-order valence-corrected chi connectivity index (χ2v) is 5.87. The van der Waals surface area contributed by atoms with Crippen LogP contribution in [-0.4, -0.2) is 36.9 Å². The number of hydrogen-bond acceptors (Lipinski definition) is 3. The molecule has 3 N–H and O–H groups in total. The molecule has 0 aliphatic carbocycles. The Morgan fingerprint density at radius 1 is 1.41 bits per heavy atom. The number of ether oxygens (including phenoxy) is 1. The van der Waals surface area contributed by atoms with Crippen molar-refractivity contribution in [2.75, 3.05) is 19.8 Å². The summed E-state index contributed by atoms with van der Waals surface area (Å²) in [5.41, 5.74) is 1.17. The molecule has 2 amide bonds. The number of aliphatic hydroxyl groups excluding tert-OH is 1. The largest absolute Gasteiger partial charge is 0.396 e. The maximum Gasteiger partial charge on any atom is 0.315 e. The number of aliphatic hydroxyl groups is 1. The lowest BCUT2D eigenvalue weighted by molar-refractivity contribution is -0.0269. The third-order valence-electron chi connectivity index (χ3n) is 4.04. The zero-order valence-electron chi connectivity index (χ0n) is 13.1. The van der Waals surface area contributed by atoms with Crippen molar-refractivity contribution < 1.29 is 14.6 Å². The predicted octanol–water partition coefficient (Wildman–Crippen LogP) is 2.22. The molecule has 0 bridgehead atoms. The second-order valence-electron chi connectivity index (χ2n) is 5.87. The van der Waals surface area contributed by atoms with Crippen LogP contribution in [0, 0.1) is 5.92 Å². The maximum absolute atomic E-state index is 11.9. The van der Waals surface area contributed by atoms with E-state index in [1.54, 1.807) is 0 Å². The highest BCUT2D eigenvalue weighted by molar-refractivity contribution is 5.74. The smallest absolute Gasteiger partial charge is 0.315 e. The highest BCUT2D eigenvalue weighted by atomic mass is 16.5. The van der Waals surface area contributed by atoms with Crippen molar-refractivity contribution in [3.63, 3.8) is 0 Å². The molecule has 1 aromatic rings. The van der Waals surface area contributed by atoms with Gasteiger partial charge < -0.3 is 20.5 Å². The van der Waals surface area contributed by atoms with Gasteiger partial charge in [0.2, 0.25) is 0 Å². The Hall–Kier alpha value is -1.59. The number of nitrogens with one attached hydrogen (secondary N) is 2. The summed E-state index contributed by atoms with van der Waals surface area (Å²) in [5.74, 6) is 0.287. The monoisotopic (exact) mass is 306 g/mol. The van der Waals surface area contributed by atoms with E-state index in [1.165, 1.54) is 5.56 Å². The van der Waals surface area contributed by atoms with Crippen LogP contribution in [0.25, 0.3) is 0 Å². The van der Waals surface area contributed by atoms with Gasteiger partial charge in [0.05, 0.1) is 6.10 Å². The topological polar surface area (TPSA) is 70.6 Å². The molecule has 1 fully saturated rings. The van der Waals surface area contributed by atoms with Gasteiger partial charge in [-0.25, -0.2) is 4.79 Å². The number of carbonyl (C=O) groups excluding carboxylic acids is 1. The van der Waals surface area contributed by atoms with E-state index in [2.05, 4.69) is 22.8 Å². The van der Waals surface area contributed by atoms with Crippen molar-refractivity contribution in [1.82, 2.24) is 10.6 Å². The van der Waals surface area contributed by atoms with Crippen LogP contribution < -0.4 is 10.6 Å². The highest BCUT2D eigenvalue weighted by Crippen LogP contribution is 2.32. The molecule has 3 atom stereocenters. The number of urea groups is 1. The minimum Gasteiger partial charge on any atom is -0.396 e. The molecule has 1 heterocycles. The molecule has 1 aromatic carbocycles. The zero-order valence-corrected chi connectivity index (χ0v) is 13.1. The first-order chi connectivity index (χ1) is 10.7. The Morgan fingerprint density at radius 2 is 2.18 bits per heavy atom.